The van der Waals surface area contributed by atoms with Crippen molar-refractivity contribution in [1.29, 1.82) is 5.41 Å². The molecule has 27 heavy (non-hydrogen) atoms. The second kappa shape index (κ2) is 8.45. The lowest BCUT2D eigenvalue weighted by Crippen LogP contribution is -2.52. The van der Waals surface area contributed by atoms with Gasteiger partial charge in [-0.15, -0.1) is 0 Å². The molecule has 1 aliphatic rings. The van der Waals surface area contributed by atoms with Crippen LogP contribution in [-0.2, 0) is 22.7 Å². The summed E-state index contributed by atoms with van der Waals surface area (Å²) in [5, 5.41) is 8.92. The van der Waals surface area contributed by atoms with Crippen molar-refractivity contribution in [3.63, 3.8) is 0 Å². The number of halogens is 1. The molecule has 0 spiro atoms. The topological polar surface area (TPSA) is 114 Å². The normalized spacial score (nSPS) is 13.7. The molecular weight excluding hydrogens is 353 g/mol. The van der Waals surface area contributed by atoms with Gasteiger partial charge < -0.3 is 20.1 Å². The van der Waals surface area contributed by atoms with Crippen LogP contribution in [0.1, 0.15) is 11.1 Å². The van der Waals surface area contributed by atoms with Crippen LogP contribution in [0, 0.1) is 11.2 Å². The standard InChI is InChI=1S/C18H20FN5O3/c19-16-13(11-27-18(25)23-17(20)21)4-1-5-15(16)24-8-14(9-24)26-10-12-3-2-6-22-7-12/h1-7,14H,8-11H2,(H4,20,21,23,25). The number of hydrogen-bond donors (Lipinski definition) is 3. The summed E-state index contributed by atoms with van der Waals surface area (Å²) in [4.78, 5) is 17.2. The summed E-state index contributed by atoms with van der Waals surface area (Å²) >= 11 is 0. The first-order valence-electron chi connectivity index (χ1n) is 8.33. The highest BCUT2D eigenvalue weighted by molar-refractivity contribution is 5.90. The third-order valence-electron chi connectivity index (χ3n) is 4.05. The van der Waals surface area contributed by atoms with Crippen molar-refractivity contribution >= 4 is 17.7 Å². The highest BCUT2D eigenvalue weighted by Crippen LogP contribution is 2.28. The first-order valence-corrected chi connectivity index (χ1v) is 8.33. The molecule has 142 valence electrons. The molecule has 4 N–H and O–H groups in total. The highest BCUT2D eigenvalue weighted by Gasteiger charge is 2.30. The molecule has 1 saturated heterocycles. The molecule has 0 saturated carbocycles. The zero-order valence-electron chi connectivity index (χ0n) is 14.5. The van der Waals surface area contributed by atoms with E-state index in [2.05, 4.69) is 4.98 Å². The minimum absolute atomic E-state index is 0.0193. The van der Waals surface area contributed by atoms with E-state index in [0.29, 0.717) is 25.4 Å². The van der Waals surface area contributed by atoms with Gasteiger partial charge in [0.15, 0.2) is 11.8 Å². The van der Waals surface area contributed by atoms with Gasteiger partial charge >= 0.3 is 6.09 Å². The monoisotopic (exact) mass is 373 g/mol. The summed E-state index contributed by atoms with van der Waals surface area (Å²) in [5.41, 5.74) is 6.70. The van der Waals surface area contributed by atoms with Crippen LogP contribution >= 0.6 is 0 Å². The van der Waals surface area contributed by atoms with Gasteiger partial charge in [-0.1, -0.05) is 18.2 Å². The molecule has 0 aliphatic carbocycles. The maximum absolute atomic E-state index is 14.7. The number of alkyl carbamates (subject to hydrolysis) is 1. The minimum atomic E-state index is -0.903. The van der Waals surface area contributed by atoms with E-state index in [4.69, 9.17) is 20.6 Å². The molecule has 0 radical (unpaired) electrons. The molecule has 1 aromatic carbocycles. The number of hydrogen-bond acceptors (Lipinski definition) is 6. The molecule has 1 aromatic heterocycles. The smallest absolute Gasteiger partial charge is 0.414 e. The number of carbonyl (C=O) groups excluding carboxylic acids is 1. The van der Waals surface area contributed by atoms with Crippen molar-refractivity contribution in [2.75, 3.05) is 18.0 Å². The van der Waals surface area contributed by atoms with Crippen molar-refractivity contribution in [2.24, 2.45) is 5.73 Å². The molecular formula is C18H20FN5O3. The third kappa shape index (κ3) is 4.91. The number of aromatic nitrogens is 1. The maximum Gasteiger partial charge on any atom is 0.414 e. The van der Waals surface area contributed by atoms with Crippen molar-refractivity contribution in [1.82, 2.24) is 10.3 Å². The fourth-order valence-corrected chi connectivity index (χ4v) is 2.65. The Hall–Kier alpha value is -3.20. The Morgan fingerprint density at radius 3 is 2.85 bits per heavy atom. The zero-order valence-corrected chi connectivity index (χ0v) is 14.5. The predicted molar refractivity (Wildman–Crippen MR) is 96.7 cm³/mol. The number of nitrogens with zero attached hydrogens (tertiary/aromatic N) is 2. The van der Waals surface area contributed by atoms with E-state index < -0.39 is 17.9 Å². The minimum Gasteiger partial charge on any atom is -0.444 e. The third-order valence-corrected chi connectivity index (χ3v) is 4.05. The molecule has 1 amide bonds. The SMILES string of the molecule is N=C(N)NC(=O)OCc1cccc(N2CC(OCc3cccnc3)C2)c1F. The fourth-order valence-electron chi connectivity index (χ4n) is 2.65. The lowest BCUT2D eigenvalue weighted by atomic mass is 10.1. The number of guanidine groups is 1. The van der Waals surface area contributed by atoms with Gasteiger partial charge in [0, 0.05) is 31.0 Å². The Balaban J connectivity index is 1.51. The van der Waals surface area contributed by atoms with Gasteiger partial charge in [-0.2, -0.15) is 0 Å². The van der Waals surface area contributed by atoms with Gasteiger partial charge in [-0.25, -0.2) is 9.18 Å². The molecule has 3 rings (SSSR count). The lowest BCUT2D eigenvalue weighted by molar-refractivity contribution is 0.0220. The molecule has 8 nitrogen and oxygen atoms in total. The highest BCUT2D eigenvalue weighted by atomic mass is 19.1. The van der Waals surface area contributed by atoms with Crippen LogP contribution in [0.2, 0.25) is 0 Å². The van der Waals surface area contributed by atoms with E-state index in [1.165, 1.54) is 6.07 Å². The molecule has 1 aliphatic heterocycles. The van der Waals surface area contributed by atoms with Crippen LogP contribution in [0.5, 0.6) is 0 Å². The van der Waals surface area contributed by atoms with E-state index in [-0.39, 0.29) is 18.3 Å². The summed E-state index contributed by atoms with van der Waals surface area (Å²) in [6, 6.07) is 8.70. The average Bonchev–Trinajstić information content (AvgIpc) is 2.61. The lowest BCUT2D eigenvalue weighted by Gasteiger charge is -2.41. The fraction of sp³-hybridized carbons (Fsp3) is 0.278. The molecule has 2 heterocycles. The molecule has 0 atom stereocenters. The van der Waals surface area contributed by atoms with E-state index in [0.717, 1.165) is 5.56 Å². The summed E-state index contributed by atoms with van der Waals surface area (Å²) < 4.78 is 25.3. The maximum atomic E-state index is 14.7. The van der Waals surface area contributed by atoms with Gasteiger partial charge in [0.25, 0.3) is 0 Å². The van der Waals surface area contributed by atoms with Gasteiger partial charge in [0.2, 0.25) is 0 Å². The van der Waals surface area contributed by atoms with Crippen LogP contribution in [0.15, 0.2) is 42.7 Å². The number of amides is 1. The first-order chi connectivity index (χ1) is 13.0. The van der Waals surface area contributed by atoms with Crippen molar-refractivity contribution in [3.05, 3.63) is 59.7 Å². The van der Waals surface area contributed by atoms with Crippen LogP contribution < -0.4 is 16.0 Å². The predicted octanol–water partition coefficient (Wildman–Crippen LogP) is 1.75. The van der Waals surface area contributed by atoms with Crippen molar-refractivity contribution in [2.45, 2.75) is 19.3 Å². The number of rotatable bonds is 6. The summed E-state index contributed by atoms with van der Waals surface area (Å²) in [7, 11) is 0. The average molecular weight is 373 g/mol. The van der Waals surface area contributed by atoms with E-state index >= 15 is 0 Å². The Labute approximate surface area is 155 Å². The van der Waals surface area contributed by atoms with E-state index in [1.807, 2.05) is 22.3 Å². The van der Waals surface area contributed by atoms with Gasteiger partial charge in [0.05, 0.1) is 18.4 Å². The van der Waals surface area contributed by atoms with Gasteiger partial charge in [-0.05, 0) is 17.7 Å². The van der Waals surface area contributed by atoms with Gasteiger partial charge in [-0.3, -0.25) is 15.7 Å². The molecule has 9 heteroatoms. The summed E-state index contributed by atoms with van der Waals surface area (Å²) in [6.07, 6.45) is 2.57. The molecule has 0 bridgehead atoms. The number of carbonyl (C=O) groups is 1. The molecule has 1 fully saturated rings. The van der Waals surface area contributed by atoms with Crippen LogP contribution in [-0.4, -0.2) is 36.2 Å². The number of pyridine rings is 1. The van der Waals surface area contributed by atoms with Crippen LogP contribution in [0.25, 0.3) is 0 Å². The van der Waals surface area contributed by atoms with Crippen molar-refractivity contribution < 1.29 is 18.7 Å². The zero-order chi connectivity index (χ0) is 19.2. The number of nitrogens with one attached hydrogen (secondary N) is 2. The van der Waals surface area contributed by atoms with E-state index in [9.17, 15) is 9.18 Å². The molecule has 2 aromatic rings. The number of anilines is 1. The van der Waals surface area contributed by atoms with Gasteiger partial charge in [0.1, 0.15) is 6.61 Å². The Morgan fingerprint density at radius 2 is 2.15 bits per heavy atom. The quantitative estimate of drug-likeness (QED) is 0.525. The van der Waals surface area contributed by atoms with Crippen molar-refractivity contribution in [3.8, 4) is 0 Å². The second-order valence-electron chi connectivity index (χ2n) is 6.06. The Kier molecular flexibility index (Phi) is 5.82. The largest absolute Gasteiger partial charge is 0.444 e. The number of nitrogens with two attached hydrogens (primary N) is 1. The molecule has 0 unspecified atom stereocenters. The van der Waals surface area contributed by atoms with Crippen LogP contribution in [0.3, 0.4) is 0 Å². The number of benzene rings is 1. The van der Waals surface area contributed by atoms with E-state index in [1.54, 1.807) is 24.5 Å². The van der Waals surface area contributed by atoms with Crippen LogP contribution in [0.4, 0.5) is 14.9 Å². The summed E-state index contributed by atoms with van der Waals surface area (Å²) in [5.74, 6) is -0.981. The second-order valence-corrected chi connectivity index (χ2v) is 6.06. The first kappa shape index (κ1) is 18.6. The summed E-state index contributed by atoms with van der Waals surface area (Å²) in [6.45, 7) is 1.36. The Bertz CT molecular complexity index is 812. The Morgan fingerprint density at radius 1 is 1.33 bits per heavy atom. The number of ether oxygens (including phenoxy) is 2.